The van der Waals surface area contributed by atoms with Gasteiger partial charge in [-0.3, -0.25) is 0 Å². The molecule has 0 radical (unpaired) electrons. The van der Waals surface area contributed by atoms with E-state index in [0.29, 0.717) is 11.3 Å². The highest BCUT2D eigenvalue weighted by Gasteiger charge is 2.21. The van der Waals surface area contributed by atoms with E-state index >= 15 is 0 Å². The highest BCUT2D eigenvalue weighted by atomic mass is 35.5. The zero-order valence-corrected chi connectivity index (χ0v) is 9.05. The zero-order valence-electron chi connectivity index (χ0n) is 8.29. The van der Waals surface area contributed by atoms with Crippen LogP contribution in [-0.2, 0) is 6.54 Å². The van der Waals surface area contributed by atoms with Gasteiger partial charge in [0, 0.05) is 23.5 Å². The van der Waals surface area contributed by atoms with Gasteiger partial charge in [-0.1, -0.05) is 18.2 Å². The second-order valence-electron chi connectivity index (χ2n) is 4.01. The molecule has 1 aromatic heterocycles. The van der Waals surface area contributed by atoms with Gasteiger partial charge in [-0.25, -0.2) is 0 Å². The first-order valence-electron chi connectivity index (χ1n) is 5.24. The Kier molecular flexibility index (Phi) is 2.19. The van der Waals surface area contributed by atoms with Gasteiger partial charge in [-0.15, -0.1) is 0 Å². The molecule has 3 rings (SSSR count). The van der Waals surface area contributed by atoms with Crippen LogP contribution in [0, 0.1) is 0 Å². The summed E-state index contributed by atoms with van der Waals surface area (Å²) in [4.78, 5) is 0. The molecule has 1 aromatic carbocycles. The smallest absolute Gasteiger partial charge is 0.199 e. The number of halogens is 1. The molecule has 1 fully saturated rings. The Morgan fingerprint density at radius 2 is 2.13 bits per heavy atom. The summed E-state index contributed by atoms with van der Waals surface area (Å²) in [6.45, 7) is 0.806. The van der Waals surface area contributed by atoms with Crippen molar-refractivity contribution in [3.05, 3.63) is 35.0 Å². The summed E-state index contributed by atoms with van der Waals surface area (Å²) in [5, 5.41) is 5.09. The number of hydrogen-bond donors (Lipinski definition) is 1. The van der Waals surface area contributed by atoms with Gasteiger partial charge in [0.05, 0.1) is 0 Å². The Bertz CT molecular complexity index is 487. The lowest BCUT2D eigenvalue weighted by Crippen LogP contribution is -2.15. The van der Waals surface area contributed by atoms with Gasteiger partial charge >= 0.3 is 0 Å². The van der Waals surface area contributed by atoms with Crippen molar-refractivity contribution in [1.82, 2.24) is 5.32 Å². The van der Waals surface area contributed by atoms with Crippen molar-refractivity contribution in [2.75, 3.05) is 0 Å². The van der Waals surface area contributed by atoms with E-state index < -0.39 is 0 Å². The molecule has 15 heavy (non-hydrogen) atoms. The molecular weight excluding hydrogens is 210 g/mol. The highest BCUT2D eigenvalue weighted by molar-refractivity contribution is 6.30. The van der Waals surface area contributed by atoms with E-state index in [2.05, 4.69) is 11.4 Å². The molecule has 3 heteroatoms. The number of nitrogens with one attached hydrogen (secondary N) is 1. The zero-order chi connectivity index (χ0) is 10.3. The predicted molar refractivity (Wildman–Crippen MR) is 61.1 cm³/mol. The van der Waals surface area contributed by atoms with Gasteiger partial charge in [0.25, 0.3) is 0 Å². The second kappa shape index (κ2) is 3.54. The molecule has 78 valence electrons. The molecule has 0 spiro atoms. The minimum atomic E-state index is 0.518. The quantitative estimate of drug-likeness (QED) is 0.860. The molecule has 0 atom stereocenters. The number of hydrogen-bond acceptors (Lipinski definition) is 2. The molecule has 0 unspecified atom stereocenters. The van der Waals surface area contributed by atoms with Gasteiger partial charge in [-0.05, 0) is 30.5 Å². The SMILES string of the molecule is Clc1oc2ccccc2c1CNC1CC1. The lowest BCUT2D eigenvalue weighted by molar-refractivity contribution is 0.603. The molecule has 0 saturated heterocycles. The molecule has 1 N–H and O–H groups in total. The highest BCUT2D eigenvalue weighted by Crippen LogP contribution is 2.30. The van der Waals surface area contributed by atoms with E-state index in [1.165, 1.54) is 12.8 Å². The molecule has 0 bridgehead atoms. The number of furan rings is 1. The maximum Gasteiger partial charge on any atom is 0.199 e. The molecule has 0 aliphatic heterocycles. The molecule has 1 aliphatic carbocycles. The van der Waals surface area contributed by atoms with Crippen molar-refractivity contribution in [3.8, 4) is 0 Å². The van der Waals surface area contributed by atoms with Gasteiger partial charge in [0.2, 0.25) is 0 Å². The van der Waals surface area contributed by atoms with E-state index in [1.807, 2.05) is 18.2 Å². The predicted octanol–water partition coefficient (Wildman–Crippen LogP) is 3.34. The van der Waals surface area contributed by atoms with Gasteiger partial charge in [0.1, 0.15) is 5.58 Å². The largest absolute Gasteiger partial charge is 0.444 e. The van der Waals surface area contributed by atoms with Crippen LogP contribution in [0.1, 0.15) is 18.4 Å². The van der Waals surface area contributed by atoms with Crippen LogP contribution in [0.15, 0.2) is 28.7 Å². The fourth-order valence-electron chi connectivity index (χ4n) is 1.77. The third kappa shape index (κ3) is 1.75. The van der Waals surface area contributed by atoms with Crippen LogP contribution < -0.4 is 5.32 Å². The first-order chi connectivity index (χ1) is 7.34. The van der Waals surface area contributed by atoms with Crippen LogP contribution >= 0.6 is 11.6 Å². The van der Waals surface area contributed by atoms with Crippen molar-refractivity contribution >= 4 is 22.6 Å². The van der Waals surface area contributed by atoms with Crippen molar-refractivity contribution in [3.63, 3.8) is 0 Å². The van der Waals surface area contributed by atoms with Crippen LogP contribution in [0.4, 0.5) is 0 Å². The normalized spacial score (nSPS) is 16.1. The maximum atomic E-state index is 6.06. The van der Waals surface area contributed by atoms with Gasteiger partial charge in [-0.2, -0.15) is 0 Å². The third-order valence-corrected chi connectivity index (χ3v) is 3.10. The topological polar surface area (TPSA) is 25.2 Å². The Hall–Kier alpha value is -0.990. The summed E-state index contributed by atoms with van der Waals surface area (Å²) in [6, 6.07) is 8.65. The average molecular weight is 222 g/mol. The Morgan fingerprint density at radius 1 is 1.33 bits per heavy atom. The molecule has 1 aliphatic rings. The summed E-state index contributed by atoms with van der Waals surface area (Å²) in [5.74, 6) is 0. The van der Waals surface area contributed by atoms with E-state index in [0.717, 1.165) is 23.1 Å². The molecule has 1 saturated carbocycles. The molecule has 2 nitrogen and oxygen atoms in total. The average Bonchev–Trinajstić information content (AvgIpc) is 3.00. The molecular formula is C12H12ClNO. The number of fused-ring (bicyclic) bond motifs is 1. The number of benzene rings is 1. The summed E-state index contributed by atoms with van der Waals surface area (Å²) in [6.07, 6.45) is 2.57. The minimum absolute atomic E-state index is 0.518. The Labute approximate surface area is 93.2 Å². The Balaban J connectivity index is 1.95. The van der Waals surface area contributed by atoms with Crippen LogP contribution in [-0.4, -0.2) is 6.04 Å². The van der Waals surface area contributed by atoms with Crippen molar-refractivity contribution in [2.45, 2.75) is 25.4 Å². The van der Waals surface area contributed by atoms with E-state index in [4.69, 9.17) is 16.0 Å². The van der Waals surface area contributed by atoms with Crippen LogP contribution in [0.5, 0.6) is 0 Å². The molecule has 1 heterocycles. The van der Waals surface area contributed by atoms with Crippen molar-refractivity contribution < 1.29 is 4.42 Å². The Morgan fingerprint density at radius 3 is 2.93 bits per heavy atom. The summed E-state index contributed by atoms with van der Waals surface area (Å²) in [5.41, 5.74) is 1.95. The fourth-order valence-corrected chi connectivity index (χ4v) is 2.02. The second-order valence-corrected chi connectivity index (χ2v) is 4.35. The van der Waals surface area contributed by atoms with Crippen molar-refractivity contribution in [2.24, 2.45) is 0 Å². The minimum Gasteiger partial charge on any atom is -0.444 e. The first-order valence-corrected chi connectivity index (χ1v) is 5.61. The summed E-state index contributed by atoms with van der Waals surface area (Å²) in [7, 11) is 0. The maximum absolute atomic E-state index is 6.06. The van der Waals surface area contributed by atoms with Gasteiger partial charge < -0.3 is 9.73 Å². The molecule has 0 amide bonds. The number of rotatable bonds is 3. The van der Waals surface area contributed by atoms with E-state index in [9.17, 15) is 0 Å². The lowest BCUT2D eigenvalue weighted by atomic mass is 10.2. The van der Waals surface area contributed by atoms with E-state index in [-0.39, 0.29) is 0 Å². The van der Waals surface area contributed by atoms with Crippen molar-refractivity contribution in [1.29, 1.82) is 0 Å². The summed E-state index contributed by atoms with van der Waals surface area (Å²) >= 11 is 6.06. The van der Waals surface area contributed by atoms with Gasteiger partial charge in [0.15, 0.2) is 5.22 Å². The van der Waals surface area contributed by atoms with Crippen LogP contribution in [0.3, 0.4) is 0 Å². The summed E-state index contributed by atoms with van der Waals surface area (Å²) < 4.78 is 5.48. The lowest BCUT2D eigenvalue weighted by Gasteiger charge is -2.00. The fraction of sp³-hybridized carbons (Fsp3) is 0.333. The number of para-hydroxylation sites is 1. The standard InChI is InChI=1S/C12H12ClNO/c13-12-10(7-14-8-5-6-8)9-3-1-2-4-11(9)15-12/h1-4,8,14H,5-7H2. The monoisotopic (exact) mass is 221 g/mol. The molecule has 2 aromatic rings. The first kappa shape index (κ1) is 9.25. The van der Waals surface area contributed by atoms with Crippen LogP contribution in [0.25, 0.3) is 11.0 Å². The van der Waals surface area contributed by atoms with E-state index in [1.54, 1.807) is 0 Å². The van der Waals surface area contributed by atoms with Crippen LogP contribution in [0.2, 0.25) is 5.22 Å². The third-order valence-electron chi connectivity index (χ3n) is 2.79.